The first-order valence-corrected chi connectivity index (χ1v) is 11.3. The average molecular weight is 441 g/mol. The fraction of sp³-hybridized carbons (Fsp3) is 0.524. The molecule has 1 N–H and O–H groups in total. The van der Waals surface area contributed by atoms with Gasteiger partial charge >= 0.3 is 6.01 Å². The second kappa shape index (κ2) is 7.40. The zero-order valence-electron chi connectivity index (χ0n) is 17.4. The first-order valence-electron chi connectivity index (χ1n) is 10.9. The zero-order valence-corrected chi connectivity index (χ0v) is 18.2. The predicted octanol–water partition coefficient (Wildman–Crippen LogP) is 3.49. The predicted molar refractivity (Wildman–Crippen MR) is 118 cm³/mol. The van der Waals surface area contributed by atoms with Gasteiger partial charge in [-0.15, -0.1) is 10.2 Å². The Balaban J connectivity index is 1.21. The van der Waals surface area contributed by atoms with Crippen LogP contribution >= 0.6 is 11.6 Å². The van der Waals surface area contributed by atoms with E-state index in [9.17, 15) is 0 Å². The van der Waals surface area contributed by atoms with Crippen LogP contribution in [-0.2, 0) is 6.54 Å². The Kier molecular flexibility index (Phi) is 4.52. The van der Waals surface area contributed by atoms with Gasteiger partial charge in [0.2, 0.25) is 17.8 Å². The topological polar surface area (TPSA) is 88.1 Å². The fourth-order valence-corrected chi connectivity index (χ4v) is 5.47. The molecule has 1 aromatic carbocycles. The molecule has 2 aromatic heterocycles. The number of nitrogens with zero attached hydrogens (tertiary/aromatic N) is 7. The lowest BCUT2D eigenvalue weighted by molar-refractivity contribution is 0.356. The van der Waals surface area contributed by atoms with E-state index in [0.717, 1.165) is 49.3 Å². The third-order valence-electron chi connectivity index (χ3n) is 6.68. The van der Waals surface area contributed by atoms with Gasteiger partial charge in [0, 0.05) is 49.9 Å². The van der Waals surface area contributed by atoms with Crippen molar-refractivity contribution >= 4 is 35.2 Å². The van der Waals surface area contributed by atoms with Gasteiger partial charge in [-0.25, -0.2) is 4.68 Å². The zero-order chi connectivity index (χ0) is 20.9. The summed E-state index contributed by atoms with van der Waals surface area (Å²) in [6.45, 7) is 5.45. The summed E-state index contributed by atoms with van der Waals surface area (Å²) in [5.41, 5.74) is 1.05. The Bertz CT molecular complexity index is 1080. The number of piperidine rings is 1. The summed E-state index contributed by atoms with van der Waals surface area (Å²) < 4.78 is 7.66. The lowest BCUT2D eigenvalue weighted by Crippen LogP contribution is -2.48. The number of hydrogen-bond donors (Lipinski definition) is 1. The highest BCUT2D eigenvalue weighted by atomic mass is 35.5. The van der Waals surface area contributed by atoms with Crippen molar-refractivity contribution in [1.29, 1.82) is 0 Å². The van der Waals surface area contributed by atoms with Gasteiger partial charge in [0.25, 0.3) is 0 Å². The van der Waals surface area contributed by atoms with Crippen LogP contribution in [0, 0.1) is 18.8 Å². The van der Waals surface area contributed by atoms with Crippen molar-refractivity contribution < 1.29 is 4.42 Å². The van der Waals surface area contributed by atoms with Crippen molar-refractivity contribution in [3.63, 3.8) is 0 Å². The molecule has 9 nitrogen and oxygen atoms in total. The maximum atomic E-state index is 6.22. The number of hydrogen-bond acceptors (Lipinski definition) is 8. The van der Waals surface area contributed by atoms with Crippen molar-refractivity contribution in [1.82, 2.24) is 25.0 Å². The molecule has 1 saturated heterocycles. The average Bonchev–Trinajstić information content (AvgIpc) is 3.43. The molecule has 3 aliphatic rings. The third kappa shape index (κ3) is 3.40. The minimum atomic E-state index is 0.365. The molecule has 0 spiro atoms. The third-order valence-corrected chi connectivity index (χ3v) is 6.92. The molecular formula is C21H25ClN8O. The highest BCUT2D eigenvalue weighted by molar-refractivity contribution is 6.30. The Labute approximate surface area is 185 Å². The number of fused-ring (bicyclic) bond motifs is 3. The maximum absolute atomic E-state index is 6.22. The minimum Gasteiger partial charge on any atom is -0.408 e. The van der Waals surface area contributed by atoms with E-state index in [1.807, 2.05) is 29.8 Å². The van der Waals surface area contributed by atoms with Gasteiger partial charge in [-0.2, -0.15) is 4.98 Å². The number of rotatable bonds is 4. The summed E-state index contributed by atoms with van der Waals surface area (Å²) in [6, 6.07) is 8.92. The first-order chi connectivity index (χ1) is 15.1. The number of nitrogens with one attached hydrogen (secondary N) is 1. The highest BCUT2D eigenvalue weighted by Gasteiger charge is 2.44. The van der Waals surface area contributed by atoms with Crippen molar-refractivity contribution in [3.05, 3.63) is 35.2 Å². The molecule has 3 aromatic rings. The molecule has 1 saturated carbocycles. The summed E-state index contributed by atoms with van der Waals surface area (Å²) in [6.07, 6.45) is 3.40. The van der Waals surface area contributed by atoms with Crippen LogP contribution in [0.4, 0.5) is 23.6 Å². The number of anilines is 4. The van der Waals surface area contributed by atoms with Gasteiger partial charge in [0.15, 0.2) is 0 Å². The number of benzene rings is 1. The summed E-state index contributed by atoms with van der Waals surface area (Å²) in [5, 5.41) is 17.4. The van der Waals surface area contributed by atoms with Crippen molar-refractivity contribution in [3.8, 4) is 0 Å². The molecular weight excluding hydrogens is 416 g/mol. The van der Waals surface area contributed by atoms with Crippen LogP contribution in [0.2, 0.25) is 5.02 Å². The van der Waals surface area contributed by atoms with Crippen molar-refractivity contribution in [2.24, 2.45) is 11.8 Å². The van der Waals surface area contributed by atoms with Crippen LogP contribution in [0.1, 0.15) is 25.2 Å². The van der Waals surface area contributed by atoms with E-state index in [1.165, 1.54) is 12.8 Å². The van der Waals surface area contributed by atoms with E-state index in [0.29, 0.717) is 35.7 Å². The molecule has 0 radical (unpaired) electrons. The number of halogens is 1. The SMILES string of the molecule is Cc1nnc(N2CC3CCC(C2)C3Nc2nc3n(n2)CCCN3c2cccc(Cl)c2)o1. The van der Waals surface area contributed by atoms with Gasteiger partial charge < -0.3 is 19.5 Å². The molecule has 4 heterocycles. The number of aromatic nitrogens is 5. The highest BCUT2D eigenvalue weighted by Crippen LogP contribution is 2.40. The molecule has 1 aliphatic carbocycles. The molecule has 6 rings (SSSR count). The lowest BCUT2D eigenvalue weighted by Gasteiger charge is -2.37. The minimum absolute atomic E-state index is 0.365. The Morgan fingerprint density at radius 3 is 2.71 bits per heavy atom. The van der Waals surface area contributed by atoms with Crippen LogP contribution in [0.15, 0.2) is 28.7 Å². The van der Waals surface area contributed by atoms with Crippen LogP contribution in [0.3, 0.4) is 0 Å². The van der Waals surface area contributed by atoms with Gasteiger partial charge in [-0.1, -0.05) is 22.8 Å². The van der Waals surface area contributed by atoms with Gasteiger partial charge in [-0.05, 0) is 49.3 Å². The molecule has 0 amide bonds. The molecule has 31 heavy (non-hydrogen) atoms. The first kappa shape index (κ1) is 18.9. The summed E-state index contributed by atoms with van der Waals surface area (Å²) in [7, 11) is 0. The van der Waals surface area contributed by atoms with Gasteiger partial charge in [0.1, 0.15) is 0 Å². The summed E-state index contributed by atoms with van der Waals surface area (Å²) in [4.78, 5) is 9.30. The van der Waals surface area contributed by atoms with Crippen LogP contribution in [0.25, 0.3) is 0 Å². The fourth-order valence-electron chi connectivity index (χ4n) is 5.29. The van der Waals surface area contributed by atoms with Crippen molar-refractivity contribution in [2.75, 3.05) is 34.8 Å². The van der Waals surface area contributed by atoms with E-state index < -0.39 is 0 Å². The molecule has 162 valence electrons. The Morgan fingerprint density at radius 2 is 1.97 bits per heavy atom. The van der Waals surface area contributed by atoms with Crippen LogP contribution in [-0.4, -0.2) is 50.6 Å². The largest absolute Gasteiger partial charge is 0.408 e. The maximum Gasteiger partial charge on any atom is 0.318 e. The van der Waals surface area contributed by atoms with E-state index in [4.69, 9.17) is 26.1 Å². The smallest absolute Gasteiger partial charge is 0.318 e. The molecule has 2 atom stereocenters. The molecule has 2 unspecified atom stereocenters. The van der Waals surface area contributed by atoms with Gasteiger partial charge in [0.05, 0.1) is 0 Å². The second-order valence-electron chi connectivity index (χ2n) is 8.72. The normalized spacial score (nSPS) is 25.0. The van der Waals surface area contributed by atoms with E-state index in [1.54, 1.807) is 0 Å². The second-order valence-corrected chi connectivity index (χ2v) is 9.16. The summed E-state index contributed by atoms with van der Waals surface area (Å²) >= 11 is 6.22. The quantitative estimate of drug-likeness (QED) is 0.659. The monoisotopic (exact) mass is 440 g/mol. The van der Waals surface area contributed by atoms with E-state index >= 15 is 0 Å². The number of aryl methyl sites for hydroxylation is 2. The standard InChI is InChI=1S/C21H25ClN8O/c1-13-25-26-21(31-13)28-11-14-6-7-15(12-28)18(14)23-19-24-20-29(8-3-9-30(20)27-19)17-5-2-4-16(22)10-17/h2,4-5,10,14-15,18H,3,6-9,11-12H2,1H3,(H,23,27). The van der Waals surface area contributed by atoms with E-state index in [2.05, 4.69) is 31.4 Å². The molecule has 2 fully saturated rings. The van der Waals surface area contributed by atoms with Crippen LogP contribution in [0.5, 0.6) is 0 Å². The lowest BCUT2D eigenvalue weighted by atomic mass is 9.92. The van der Waals surface area contributed by atoms with Gasteiger partial charge in [-0.3, -0.25) is 0 Å². The van der Waals surface area contributed by atoms with E-state index in [-0.39, 0.29) is 0 Å². The molecule has 2 aliphatic heterocycles. The van der Waals surface area contributed by atoms with Crippen LogP contribution < -0.4 is 15.1 Å². The molecule has 10 heteroatoms. The van der Waals surface area contributed by atoms with Crippen molar-refractivity contribution in [2.45, 2.75) is 38.8 Å². The Morgan fingerprint density at radius 1 is 1.13 bits per heavy atom. The molecule has 2 bridgehead atoms. The summed E-state index contributed by atoms with van der Waals surface area (Å²) in [5.74, 6) is 3.22. The Hall–Kier alpha value is -2.81.